The van der Waals surface area contributed by atoms with E-state index in [0.29, 0.717) is 19.5 Å². The van der Waals surface area contributed by atoms with Gasteiger partial charge in [0.25, 0.3) is 0 Å². The van der Waals surface area contributed by atoms with Crippen molar-refractivity contribution in [2.75, 3.05) is 18.6 Å². The van der Waals surface area contributed by atoms with Crippen molar-refractivity contribution in [2.24, 2.45) is 0 Å². The molecule has 0 unspecified atom stereocenters. The van der Waals surface area contributed by atoms with Crippen LogP contribution in [-0.2, 0) is 16.4 Å². The fraction of sp³-hybridized carbons (Fsp3) is 0.385. The van der Waals surface area contributed by atoms with Crippen molar-refractivity contribution in [1.29, 1.82) is 0 Å². The summed E-state index contributed by atoms with van der Waals surface area (Å²) in [7, 11) is -2.87. The van der Waals surface area contributed by atoms with Gasteiger partial charge in [0.05, 0.1) is 10.8 Å². The van der Waals surface area contributed by atoms with Gasteiger partial charge in [0, 0.05) is 29.4 Å². The Bertz CT molecular complexity index is 664. The molecule has 0 amide bonds. The lowest BCUT2D eigenvalue weighted by Crippen LogP contribution is -2.18. The van der Waals surface area contributed by atoms with Gasteiger partial charge in [-0.3, -0.25) is 0 Å². The Morgan fingerprint density at radius 3 is 2.74 bits per heavy atom. The Kier molecular flexibility index (Phi) is 4.50. The third kappa shape index (κ3) is 3.96. The number of aromatic nitrogens is 1. The Morgan fingerprint density at radius 2 is 2.05 bits per heavy atom. The number of H-pyrrole nitrogens is 1. The maximum Gasteiger partial charge on any atom is 0.147 e. The number of sulfone groups is 1. The van der Waals surface area contributed by atoms with Crippen molar-refractivity contribution < 1.29 is 8.42 Å². The summed E-state index contributed by atoms with van der Waals surface area (Å²) in [6.07, 6.45) is 1.86. The van der Waals surface area contributed by atoms with Crippen molar-refractivity contribution in [1.82, 2.24) is 10.3 Å². The van der Waals surface area contributed by atoms with Gasteiger partial charge in [0.1, 0.15) is 9.84 Å². The summed E-state index contributed by atoms with van der Waals surface area (Å²) in [6.45, 7) is 1.26. The highest BCUT2D eigenvalue weighted by Crippen LogP contribution is 2.26. The van der Waals surface area contributed by atoms with Gasteiger partial charge in [0.2, 0.25) is 0 Å². The molecule has 19 heavy (non-hydrogen) atoms. The molecule has 104 valence electrons. The Balaban J connectivity index is 1.90. The van der Waals surface area contributed by atoms with Crippen molar-refractivity contribution in [3.05, 3.63) is 35.0 Å². The smallest absolute Gasteiger partial charge is 0.147 e. The van der Waals surface area contributed by atoms with E-state index >= 15 is 0 Å². The SMILES string of the molecule is CS(=O)(=O)CCCNCc1[nH]c2ccccc2c1Cl. The van der Waals surface area contributed by atoms with Crippen molar-refractivity contribution >= 4 is 32.3 Å². The largest absolute Gasteiger partial charge is 0.356 e. The van der Waals surface area contributed by atoms with Crippen LogP contribution in [0.1, 0.15) is 12.1 Å². The Labute approximate surface area is 118 Å². The minimum Gasteiger partial charge on any atom is -0.356 e. The van der Waals surface area contributed by atoms with E-state index in [-0.39, 0.29) is 5.75 Å². The van der Waals surface area contributed by atoms with Crippen LogP contribution in [0.25, 0.3) is 10.9 Å². The first-order valence-corrected chi connectivity index (χ1v) is 8.55. The molecule has 2 aromatic rings. The fourth-order valence-electron chi connectivity index (χ4n) is 1.96. The molecule has 0 atom stereocenters. The average molecular weight is 301 g/mol. The standard InChI is InChI=1S/C13H17ClN2O2S/c1-19(17,18)8-4-7-15-9-12-13(14)10-5-2-3-6-11(10)16-12/h2-3,5-6,15-16H,4,7-9H2,1H3. The van der Waals surface area contributed by atoms with Gasteiger partial charge in [-0.15, -0.1) is 0 Å². The van der Waals surface area contributed by atoms with E-state index in [9.17, 15) is 8.42 Å². The van der Waals surface area contributed by atoms with Crippen LogP contribution in [0.4, 0.5) is 0 Å². The van der Waals surface area contributed by atoms with E-state index in [2.05, 4.69) is 10.3 Å². The molecule has 0 aliphatic carbocycles. The first-order valence-electron chi connectivity index (χ1n) is 6.11. The number of rotatable bonds is 6. The van der Waals surface area contributed by atoms with Crippen LogP contribution in [0, 0.1) is 0 Å². The molecule has 0 bridgehead atoms. The summed E-state index contributed by atoms with van der Waals surface area (Å²) in [5, 5.41) is 4.94. The number of nitrogens with one attached hydrogen (secondary N) is 2. The maximum atomic E-state index is 11.0. The lowest BCUT2D eigenvalue weighted by Gasteiger charge is -2.03. The summed E-state index contributed by atoms with van der Waals surface area (Å²) in [5.74, 6) is 0.209. The van der Waals surface area contributed by atoms with Crippen LogP contribution in [0.5, 0.6) is 0 Å². The van der Waals surface area contributed by atoms with Crippen LogP contribution in [0.2, 0.25) is 5.02 Å². The first-order chi connectivity index (χ1) is 8.97. The molecular formula is C13H17ClN2O2S. The van der Waals surface area contributed by atoms with Gasteiger partial charge in [0.15, 0.2) is 0 Å². The Morgan fingerprint density at radius 1 is 1.32 bits per heavy atom. The minimum absolute atomic E-state index is 0.209. The van der Waals surface area contributed by atoms with Crippen LogP contribution >= 0.6 is 11.6 Å². The molecule has 1 heterocycles. The summed E-state index contributed by atoms with van der Waals surface area (Å²) in [6, 6.07) is 7.86. The predicted octanol–water partition coefficient (Wildman–Crippen LogP) is 2.35. The molecule has 0 fully saturated rings. The second-order valence-electron chi connectivity index (χ2n) is 4.62. The van der Waals surface area contributed by atoms with E-state index in [4.69, 9.17) is 11.6 Å². The number of halogens is 1. The minimum atomic E-state index is -2.87. The molecular weight excluding hydrogens is 284 g/mol. The molecule has 0 saturated heterocycles. The van der Waals surface area contributed by atoms with Crippen LogP contribution in [0.3, 0.4) is 0 Å². The molecule has 0 aliphatic rings. The number of hydrogen-bond acceptors (Lipinski definition) is 3. The molecule has 2 rings (SSSR count). The molecule has 0 aliphatic heterocycles. The van der Waals surface area contributed by atoms with Crippen LogP contribution < -0.4 is 5.32 Å². The highest BCUT2D eigenvalue weighted by Gasteiger charge is 2.08. The first kappa shape index (κ1) is 14.4. The quantitative estimate of drug-likeness (QED) is 0.805. The molecule has 2 N–H and O–H groups in total. The summed E-state index contributed by atoms with van der Waals surface area (Å²) < 4.78 is 22.0. The lowest BCUT2D eigenvalue weighted by molar-refractivity contribution is 0.594. The number of para-hydroxylation sites is 1. The highest BCUT2D eigenvalue weighted by atomic mass is 35.5. The molecule has 0 saturated carbocycles. The fourth-order valence-corrected chi connectivity index (χ4v) is 2.91. The summed E-state index contributed by atoms with van der Waals surface area (Å²) >= 11 is 6.28. The van der Waals surface area contributed by atoms with Gasteiger partial charge in [-0.25, -0.2) is 8.42 Å². The summed E-state index contributed by atoms with van der Waals surface area (Å²) in [5.41, 5.74) is 1.95. The van der Waals surface area contributed by atoms with Crippen molar-refractivity contribution in [2.45, 2.75) is 13.0 Å². The molecule has 1 aromatic carbocycles. The second kappa shape index (κ2) is 5.94. The predicted molar refractivity (Wildman–Crippen MR) is 79.3 cm³/mol. The van der Waals surface area contributed by atoms with Gasteiger partial charge >= 0.3 is 0 Å². The monoisotopic (exact) mass is 300 g/mol. The number of benzene rings is 1. The molecule has 0 radical (unpaired) electrons. The van der Waals surface area contributed by atoms with E-state index in [0.717, 1.165) is 21.6 Å². The number of aromatic amines is 1. The van der Waals surface area contributed by atoms with E-state index in [1.165, 1.54) is 6.26 Å². The zero-order valence-corrected chi connectivity index (χ0v) is 12.3. The summed E-state index contributed by atoms with van der Waals surface area (Å²) in [4.78, 5) is 3.26. The third-order valence-corrected chi connectivity index (χ3v) is 4.35. The molecule has 4 nitrogen and oxygen atoms in total. The lowest BCUT2D eigenvalue weighted by atomic mass is 10.2. The molecule has 6 heteroatoms. The number of hydrogen-bond donors (Lipinski definition) is 2. The molecule has 0 spiro atoms. The third-order valence-electron chi connectivity index (χ3n) is 2.88. The zero-order chi connectivity index (χ0) is 13.9. The van der Waals surface area contributed by atoms with Gasteiger partial charge < -0.3 is 10.3 Å². The van der Waals surface area contributed by atoms with Gasteiger partial charge in [-0.1, -0.05) is 29.8 Å². The van der Waals surface area contributed by atoms with Crippen LogP contribution in [0.15, 0.2) is 24.3 Å². The van der Waals surface area contributed by atoms with E-state index in [1.807, 2.05) is 24.3 Å². The second-order valence-corrected chi connectivity index (χ2v) is 7.26. The van der Waals surface area contributed by atoms with Crippen molar-refractivity contribution in [3.8, 4) is 0 Å². The van der Waals surface area contributed by atoms with Crippen molar-refractivity contribution in [3.63, 3.8) is 0 Å². The van der Waals surface area contributed by atoms with Gasteiger partial charge in [-0.05, 0) is 19.0 Å². The van der Waals surface area contributed by atoms with E-state index < -0.39 is 9.84 Å². The average Bonchev–Trinajstić information content (AvgIpc) is 2.65. The van der Waals surface area contributed by atoms with E-state index in [1.54, 1.807) is 0 Å². The maximum absolute atomic E-state index is 11.0. The number of fused-ring (bicyclic) bond motifs is 1. The highest BCUT2D eigenvalue weighted by molar-refractivity contribution is 7.90. The normalized spacial score (nSPS) is 12.1. The zero-order valence-electron chi connectivity index (χ0n) is 10.7. The molecule has 1 aromatic heterocycles. The van der Waals surface area contributed by atoms with Gasteiger partial charge in [-0.2, -0.15) is 0 Å². The topological polar surface area (TPSA) is 62.0 Å². The van der Waals surface area contributed by atoms with Crippen LogP contribution in [-0.4, -0.2) is 32.0 Å². The Hall–Kier alpha value is -1.04.